The summed E-state index contributed by atoms with van der Waals surface area (Å²) in [4.78, 5) is 9.79. The zero-order valence-corrected chi connectivity index (χ0v) is 11.2. The SMILES string of the molecule is CC#CCCNS(=O)(=O)c1ccc(F)c(C(=O)O)c1F. The van der Waals surface area contributed by atoms with Crippen LogP contribution in [0.25, 0.3) is 0 Å². The van der Waals surface area contributed by atoms with Crippen LogP contribution in [0.15, 0.2) is 17.0 Å². The molecule has 0 aromatic heterocycles. The molecule has 0 unspecified atom stereocenters. The molecule has 0 saturated carbocycles. The Bertz CT molecular complexity index is 689. The summed E-state index contributed by atoms with van der Waals surface area (Å²) in [6.07, 6.45) is 0.213. The molecule has 8 heteroatoms. The topological polar surface area (TPSA) is 83.5 Å². The fourth-order valence-electron chi connectivity index (χ4n) is 1.39. The van der Waals surface area contributed by atoms with Crippen molar-refractivity contribution in [2.45, 2.75) is 18.2 Å². The first kappa shape index (κ1) is 16.1. The first-order valence-corrected chi connectivity index (χ1v) is 6.90. The Balaban J connectivity index is 3.15. The molecule has 1 aromatic carbocycles. The summed E-state index contributed by atoms with van der Waals surface area (Å²) in [5.74, 6) is 0.296. The average Bonchev–Trinajstić information content (AvgIpc) is 2.34. The highest BCUT2D eigenvalue weighted by molar-refractivity contribution is 7.89. The molecular weight excluding hydrogens is 292 g/mol. The van der Waals surface area contributed by atoms with E-state index in [1.54, 1.807) is 6.92 Å². The molecule has 0 amide bonds. The Hall–Kier alpha value is -1.98. The molecule has 20 heavy (non-hydrogen) atoms. The molecule has 0 aliphatic carbocycles. The van der Waals surface area contributed by atoms with Crippen LogP contribution < -0.4 is 4.72 Å². The van der Waals surface area contributed by atoms with Crippen LogP contribution in [0.2, 0.25) is 0 Å². The molecule has 0 spiro atoms. The summed E-state index contributed by atoms with van der Waals surface area (Å²) in [7, 11) is -4.27. The van der Waals surface area contributed by atoms with E-state index in [0.29, 0.717) is 12.1 Å². The molecule has 0 heterocycles. The lowest BCUT2D eigenvalue weighted by Crippen LogP contribution is -2.26. The first-order valence-electron chi connectivity index (χ1n) is 5.42. The monoisotopic (exact) mass is 303 g/mol. The summed E-state index contributed by atoms with van der Waals surface area (Å²) in [5.41, 5.74) is -1.30. The molecule has 2 N–H and O–H groups in total. The second-order valence-electron chi connectivity index (χ2n) is 3.61. The number of sulfonamides is 1. The Labute approximate surface area is 114 Å². The van der Waals surface area contributed by atoms with Crippen molar-refractivity contribution < 1.29 is 27.1 Å². The average molecular weight is 303 g/mol. The van der Waals surface area contributed by atoms with E-state index >= 15 is 0 Å². The van der Waals surface area contributed by atoms with Crippen LogP contribution in [0.5, 0.6) is 0 Å². The predicted molar refractivity (Wildman–Crippen MR) is 66.6 cm³/mol. The maximum absolute atomic E-state index is 13.8. The van der Waals surface area contributed by atoms with Crippen LogP contribution in [0.1, 0.15) is 23.7 Å². The lowest BCUT2D eigenvalue weighted by molar-refractivity contribution is 0.0685. The van der Waals surface area contributed by atoms with E-state index in [0.717, 1.165) is 0 Å². The second kappa shape index (κ2) is 6.45. The molecule has 0 aliphatic rings. The molecular formula is C12H11F2NO4S. The van der Waals surface area contributed by atoms with Crippen molar-refractivity contribution in [2.75, 3.05) is 6.54 Å². The van der Waals surface area contributed by atoms with Gasteiger partial charge in [0.2, 0.25) is 10.0 Å². The third-order valence-electron chi connectivity index (χ3n) is 2.28. The quantitative estimate of drug-likeness (QED) is 0.635. The highest BCUT2D eigenvalue weighted by Gasteiger charge is 2.26. The number of benzene rings is 1. The van der Waals surface area contributed by atoms with Crippen molar-refractivity contribution in [1.29, 1.82) is 0 Å². The van der Waals surface area contributed by atoms with Gasteiger partial charge < -0.3 is 5.11 Å². The van der Waals surface area contributed by atoms with Crippen LogP contribution in [-0.4, -0.2) is 26.0 Å². The van der Waals surface area contributed by atoms with Gasteiger partial charge in [0.15, 0.2) is 5.82 Å². The molecule has 1 rings (SSSR count). The van der Waals surface area contributed by atoms with Crippen LogP contribution in [-0.2, 0) is 10.0 Å². The van der Waals surface area contributed by atoms with Crippen LogP contribution in [0.3, 0.4) is 0 Å². The van der Waals surface area contributed by atoms with E-state index in [1.807, 2.05) is 0 Å². The van der Waals surface area contributed by atoms with E-state index in [4.69, 9.17) is 5.11 Å². The van der Waals surface area contributed by atoms with Gasteiger partial charge in [0.05, 0.1) is 0 Å². The Morgan fingerprint density at radius 1 is 1.40 bits per heavy atom. The van der Waals surface area contributed by atoms with E-state index in [-0.39, 0.29) is 13.0 Å². The minimum absolute atomic E-state index is 0.0671. The van der Waals surface area contributed by atoms with Gasteiger partial charge in [-0.05, 0) is 19.1 Å². The van der Waals surface area contributed by atoms with Gasteiger partial charge in [0.1, 0.15) is 16.3 Å². The number of nitrogens with one attached hydrogen (secondary N) is 1. The van der Waals surface area contributed by atoms with Crippen molar-refractivity contribution in [3.8, 4) is 11.8 Å². The van der Waals surface area contributed by atoms with Gasteiger partial charge in [-0.15, -0.1) is 11.8 Å². The Kier molecular flexibility index (Phi) is 5.19. The van der Waals surface area contributed by atoms with Crippen molar-refractivity contribution in [1.82, 2.24) is 4.72 Å². The predicted octanol–water partition coefficient (Wildman–Crippen LogP) is 1.35. The number of carbonyl (C=O) groups is 1. The molecule has 0 atom stereocenters. The van der Waals surface area contributed by atoms with E-state index < -0.39 is 38.1 Å². The van der Waals surface area contributed by atoms with Gasteiger partial charge in [0.25, 0.3) is 0 Å². The standard InChI is InChI=1S/C12H11F2NO4S/c1-2-3-4-7-15-20(18,19)9-6-5-8(13)10(11(9)14)12(16)17/h5-6,15H,4,7H2,1H3,(H,16,17). The largest absolute Gasteiger partial charge is 0.477 e. The molecule has 5 nitrogen and oxygen atoms in total. The second-order valence-corrected chi connectivity index (χ2v) is 5.35. The van der Waals surface area contributed by atoms with Crippen molar-refractivity contribution in [3.05, 3.63) is 29.3 Å². The summed E-state index contributed by atoms with van der Waals surface area (Å²) in [6, 6.07) is 1.26. The van der Waals surface area contributed by atoms with Crippen LogP contribution in [0, 0.1) is 23.5 Å². The fraction of sp³-hybridized carbons (Fsp3) is 0.250. The Morgan fingerprint density at radius 2 is 2.05 bits per heavy atom. The number of hydrogen-bond donors (Lipinski definition) is 2. The summed E-state index contributed by atoms with van der Waals surface area (Å²) >= 11 is 0. The van der Waals surface area contributed by atoms with Crippen LogP contribution >= 0.6 is 0 Å². The van der Waals surface area contributed by atoms with Crippen molar-refractivity contribution in [2.24, 2.45) is 0 Å². The molecule has 108 valence electrons. The van der Waals surface area contributed by atoms with E-state index in [1.165, 1.54) is 0 Å². The van der Waals surface area contributed by atoms with Gasteiger partial charge in [-0.25, -0.2) is 26.7 Å². The summed E-state index contributed by atoms with van der Waals surface area (Å²) < 4.78 is 52.6. The van der Waals surface area contributed by atoms with Gasteiger partial charge >= 0.3 is 5.97 Å². The number of rotatable bonds is 5. The van der Waals surface area contributed by atoms with E-state index in [9.17, 15) is 22.0 Å². The lowest BCUT2D eigenvalue weighted by Gasteiger charge is -2.08. The highest BCUT2D eigenvalue weighted by atomic mass is 32.2. The van der Waals surface area contributed by atoms with E-state index in [2.05, 4.69) is 16.6 Å². The third-order valence-corrected chi connectivity index (χ3v) is 3.76. The molecule has 0 saturated heterocycles. The number of hydrogen-bond acceptors (Lipinski definition) is 3. The minimum Gasteiger partial charge on any atom is -0.477 e. The van der Waals surface area contributed by atoms with Gasteiger partial charge in [-0.3, -0.25) is 0 Å². The number of carboxylic acids is 1. The Morgan fingerprint density at radius 3 is 2.60 bits per heavy atom. The fourth-order valence-corrected chi connectivity index (χ4v) is 2.50. The molecule has 0 bridgehead atoms. The summed E-state index contributed by atoms with van der Waals surface area (Å²) in [6.45, 7) is 1.51. The maximum atomic E-state index is 13.8. The van der Waals surface area contributed by atoms with Gasteiger partial charge in [-0.1, -0.05) is 0 Å². The van der Waals surface area contributed by atoms with Gasteiger partial charge in [0, 0.05) is 13.0 Å². The van der Waals surface area contributed by atoms with Crippen molar-refractivity contribution in [3.63, 3.8) is 0 Å². The highest BCUT2D eigenvalue weighted by Crippen LogP contribution is 2.20. The maximum Gasteiger partial charge on any atom is 0.341 e. The first-order chi connectivity index (χ1) is 9.31. The molecule has 0 aliphatic heterocycles. The zero-order chi connectivity index (χ0) is 15.3. The number of carboxylic acid groups (broad SMARTS) is 1. The lowest BCUT2D eigenvalue weighted by atomic mass is 10.2. The summed E-state index contributed by atoms with van der Waals surface area (Å²) in [5, 5.41) is 8.67. The smallest absolute Gasteiger partial charge is 0.341 e. The normalized spacial score (nSPS) is 10.8. The number of aromatic carboxylic acids is 1. The minimum atomic E-state index is -4.27. The number of halogens is 2. The molecule has 0 fully saturated rings. The van der Waals surface area contributed by atoms with Crippen LogP contribution in [0.4, 0.5) is 8.78 Å². The zero-order valence-electron chi connectivity index (χ0n) is 10.4. The third kappa shape index (κ3) is 3.53. The van der Waals surface area contributed by atoms with Crippen molar-refractivity contribution >= 4 is 16.0 Å². The van der Waals surface area contributed by atoms with Gasteiger partial charge in [-0.2, -0.15) is 0 Å². The molecule has 1 aromatic rings. The molecule has 0 radical (unpaired) electrons.